The SMILES string of the molecule is CC(C)C(N)C(=O)N1CCN(C)CC1.Cl. The van der Waals surface area contributed by atoms with E-state index in [1.54, 1.807) is 0 Å². The van der Waals surface area contributed by atoms with Gasteiger partial charge >= 0.3 is 0 Å². The molecule has 1 fully saturated rings. The number of likely N-dealkylation sites (N-methyl/N-ethyl adjacent to an activating group) is 1. The molecule has 0 aromatic rings. The maximum absolute atomic E-state index is 11.8. The zero-order valence-corrected chi connectivity index (χ0v) is 10.6. The van der Waals surface area contributed by atoms with E-state index in [9.17, 15) is 4.79 Å². The molecule has 0 aliphatic carbocycles. The Morgan fingerprint density at radius 2 is 1.67 bits per heavy atom. The summed E-state index contributed by atoms with van der Waals surface area (Å²) in [4.78, 5) is 15.9. The molecule has 2 N–H and O–H groups in total. The van der Waals surface area contributed by atoms with Crippen LogP contribution in [0.25, 0.3) is 0 Å². The maximum Gasteiger partial charge on any atom is 0.239 e. The number of hydrogen-bond acceptors (Lipinski definition) is 3. The third-order valence-electron chi connectivity index (χ3n) is 2.82. The Bertz CT molecular complexity index is 203. The van der Waals surface area contributed by atoms with Crippen molar-refractivity contribution in [3.8, 4) is 0 Å². The average Bonchev–Trinajstić information content (AvgIpc) is 2.16. The van der Waals surface area contributed by atoms with Gasteiger partial charge in [-0.25, -0.2) is 0 Å². The van der Waals surface area contributed by atoms with Crippen LogP contribution in [0, 0.1) is 5.92 Å². The molecule has 0 spiro atoms. The molecule has 4 nitrogen and oxygen atoms in total. The lowest BCUT2D eigenvalue weighted by molar-refractivity contribution is -0.135. The standard InChI is InChI=1S/C10H21N3O.ClH/c1-8(2)9(11)10(14)13-6-4-12(3)5-7-13;/h8-9H,4-7,11H2,1-3H3;1H. The lowest BCUT2D eigenvalue weighted by Gasteiger charge is -2.34. The molecule has 0 aromatic carbocycles. The van der Waals surface area contributed by atoms with E-state index in [0.717, 1.165) is 26.2 Å². The Hall–Kier alpha value is -0.320. The molecule has 0 radical (unpaired) electrons. The highest BCUT2D eigenvalue weighted by Gasteiger charge is 2.25. The summed E-state index contributed by atoms with van der Waals surface area (Å²) in [5.74, 6) is 0.329. The summed E-state index contributed by atoms with van der Waals surface area (Å²) in [6.07, 6.45) is 0. The molecule has 5 heteroatoms. The molecule has 1 atom stereocenters. The molecule has 0 aromatic heterocycles. The fourth-order valence-electron chi connectivity index (χ4n) is 1.52. The van der Waals surface area contributed by atoms with Crippen molar-refractivity contribution in [2.24, 2.45) is 11.7 Å². The minimum Gasteiger partial charge on any atom is -0.339 e. The summed E-state index contributed by atoms with van der Waals surface area (Å²) < 4.78 is 0. The first kappa shape index (κ1) is 14.7. The summed E-state index contributed by atoms with van der Waals surface area (Å²) in [7, 11) is 2.07. The van der Waals surface area contributed by atoms with Gasteiger partial charge in [0.15, 0.2) is 0 Å². The summed E-state index contributed by atoms with van der Waals surface area (Å²) in [5.41, 5.74) is 5.82. The van der Waals surface area contributed by atoms with Crippen molar-refractivity contribution in [2.45, 2.75) is 19.9 Å². The highest BCUT2D eigenvalue weighted by molar-refractivity contribution is 5.85. The Balaban J connectivity index is 0.00000196. The number of piperazine rings is 1. The van der Waals surface area contributed by atoms with E-state index in [4.69, 9.17) is 5.73 Å². The summed E-state index contributed by atoms with van der Waals surface area (Å²) in [6, 6.07) is -0.335. The molecular formula is C10H22ClN3O. The fraction of sp³-hybridized carbons (Fsp3) is 0.900. The first-order chi connectivity index (χ1) is 6.52. The second-order valence-corrected chi connectivity index (χ2v) is 4.40. The number of nitrogens with two attached hydrogens (primary N) is 1. The van der Waals surface area contributed by atoms with E-state index in [1.165, 1.54) is 0 Å². The number of rotatable bonds is 2. The van der Waals surface area contributed by atoms with Crippen LogP contribution in [-0.4, -0.2) is 55.0 Å². The molecule has 1 unspecified atom stereocenters. The Kier molecular flexibility index (Phi) is 6.17. The monoisotopic (exact) mass is 235 g/mol. The van der Waals surface area contributed by atoms with Gasteiger partial charge in [-0.1, -0.05) is 13.8 Å². The van der Waals surface area contributed by atoms with Gasteiger partial charge in [-0.05, 0) is 13.0 Å². The van der Waals surface area contributed by atoms with Gasteiger partial charge in [0, 0.05) is 26.2 Å². The van der Waals surface area contributed by atoms with Gasteiger partial charge in [0.1, 0.15) is 0 Å². The fourth-order valence-corrected chi connectivity index (χ4v) is 1.52. The first-order valence-electron chi connectivity index (χ1n) is 5.25. The lowest BCUT2D eigenvalue weighted by atomic mass is 10.0. The average molecular weight is 236 g/mol. The molecule has 1 saturated heterocycles. The second kappa shape index (κ2) is 6.30. The van der Waals surface area contributed by atoms with Crippen LogP contribution >= 0.6 is 12.4 Å². The van der Waals surface area contributed by atoms with Gasteiger partial charge in [0.2, 0.25) is 5.91 Å². The topological polar surface area (TPSA) is 49.6 Å². The largest absolute Gasteiger partial charge is 0.339 e. The first-order valence-corrected chi connectivity index (χ1v) is 5.25. The van der Waals surface area contributed by atoms with Gasteiger partial charge in [0.05, 0.1) is 6.04 Å². The normalized spacial score (nSPS) is 19.9. The van der Waals surface area contributed by atoms with Gasteiger partial charge in [-0.2, -0.15) is 0 Å². The van der Waals surface area contributed by atoms with Crippen LogP contribution in [0.3, 0.4) is 0 Å². The van der Waals surface area contributed by atoms with Crippen molar-refractivity contribution in [1.82, 2.24) is 9.80 Å². The van der Waals surface area contributed by atoms with E-state index in [-0.39, 0.29) is 30.3 Å². The highest BCUT2D eigenvalue weighted by atomic mass is 35.5. The molecule has 90 valence electrons. The minimum atomic E-state index is -0.335. The Morgan fingerprint density at radius 1 is 1.20 bits per heavy atom. The minimum absolute atomic E-state index is 0. The molecule has 15 heavy (non-hydrogen) atoms. The molecule has 1 aliphatic heterocycles. The van der Waals surface area contributed by atoms with Crippen LogP contribution < -0.4 is 5.73 Å². The summed E-state index contributed by atoms with van der Waals surface area (Å²) in [6.45, 7) is 7.51. The lowest BCUT2D eigenvalue weighted by Crippen LogP contribution is -2.53. The van der Waals surface area contributed by atoms with Crippen LogP contribution in [0.2, 0.25) is 0 Å². The predicted octanol–water partition coefficient (Wildman–Crippen LogP) is 0.166. The molecule has 1 rings (SSSR count). The highest BCUT2D eigenvalue weighted by Crippen LogP contribution is 2.06. The number of nitrogens with zero attached hydrogens (tertiary/aromatic N) is 2. The van der Waals surface area contributed by atoms with Crippen LogP contribution in [0.4, 0.5) is 0 Å². The smallest absolute Gasteiger partial charge is 0.239 e. The Morgan fingerprint density at radius 3 is 2.07 bits per heavy atom. The molecule has 0 saturated carbocycles. The zero-order valence-electron chi connectivity index (χ0n) is 9.77. The van der Waals surface area contributed by atoms with Crippen molar-refractivity contribution >= 4 is 18.3 Å². The van der Waals surface area contributed by atoms with Crippen LogP contribution in [0.15, 0.2) is 0 Å². The van der Waals surface area contributed by atoms with E-state index in [1.807, 2.05) is 18.7 Å². The quantitative estimate of drug-likeness (QED) is 0.742. The van der Waals surface area contributed by atoms with Crippen molar-refractivity contribution in [2.75, 3.05) is 33.2 Å². The third-order valence-corrected chi connectivity index (χ3v) is 2.82. The zero-order chi connectivity index (χ0) is 10.7. The molecular weight excluding hydrogens is 214 g/mol. The number of carbonyl (C=O) groups excluding carboxylic acids is 1. The van der Waals surface area contributed by atoms with Gasteiger partial charge in [0.25, 0.3) is 0 Å². The second-order valence-electron chi connectivity index (χ2n) is 4.40. The number of amides is 1. The van der Waals surface area contributed by atoms with Gasteiger partial charge in [-0.3, -0.25) is 4.79 Å². The van der Waals surface area contributed by atoms with E-state index in [0.29, 0.717) is 0 Å². The van der Waals surface area contributed by atoms with Crippen LogP contribution in [0.1, 0.15) is 13.8 Å². The molecule has 1 amide bonds. The molecule has 0 bridgehead atoms. The van der Waals surface area contributed by atoms with Gasteiger partial charge < -0.3 is 15.5 Å². The van der Waals surface area contributed by atoms with Crippen molar-refractivity contribution in [3.63, 3.8) is 0 Å². The number of hydrogen-bond donors (Lipinski definition) is 1. The molecule has 1 heterocycles. The summed E-state index contributed by atoms with van der Waals surface area (Å²) in [5, 5.41) is 0. The third kappa shape index (κ3) is 3.97. The predicted molar refractivity (Wildman–Crippen MR) is 64.1 cm³/mol. The van der Waals surface area contributed by atoms with Gasteiger partial charge in [-0.15, -0.1) is 12.4 Å². The van der Waals surface area contributed by atoms with E-state index in [2.05, 4.69) is 11.9 Å². The Labute approximate surface area is 98.2 Å². The van der Waals surface area contributed by atoms with E-state index < -0.39 is 0 Å². The number of halogens is 1. The van der Waals surface area contributed by atoms with Crippen molar-refractivity contribution in [1.29, 1.82) is 0 Å². The summed E-state index contributed by atoms with van der Waals surface area (Å²) >= 11 is 0. The maximum atomic E-state index is 11.8. The van der Waals surface area contributed by atoms with Crippen LogP contribution in [-0.2, 0) is 4.79 Å². The van der Waals surface area contributed by atoms with E-state index >= 15 is 0 Å². The van der Waals surface area contributed by atoms with Crippen LogP contribution in [0.5, 0.6) is 0 Å². The number of carbonyl (C=O) groups is 1. The van der Waals surface area contributed by atoms with Crippen molar-refractivity contribution < 1.29 is 4.79 Å². The molecule has 1 aliphatic rings. The van der Waals surface area contributed by atoms with Crippen molar-refractivity contribution in [3.05, 3.63) is 0 Å².